The van der Waals surface area contributed by atoms with Crippen LogP contribution in [0.2, 0.25) is 0 Å². The first kappa shape index (κ1) is 10.4. The van der Waals surface area contributed by atoms with Crippen LogP contribution in [0.3, 0.4) is 0 Å². The maximum atomic E-state index is 10.5. The Balaban J connectivity index is 2.39. The van der Waals surface area contributed by atoms with Crippen molar-refractivity contribution in [3.63, 3.8) is 0 Å². The summed E-state index contributed by atoms with van der Waals surface area (Å²) in [7, 11) is 0. The standard InChI is InChI=1S/C10H10N4O2/c11-6-8-5-9(14(15)16)7-12-10(8)13-3-1-2-4-13/h5,7H,1-4H2. The second-order valence-electron chi connectivity index (χ2n) is 3.63. The zero-order chi connectivity index (χ0) is 11.5. The minimum atomic E-state index is -0.540. The highest BCUT2D eigenvalue weighted by atomic mass is 16.6. The van der Waals surface area contributed by atoms with Gasteiger partial charge in [-0.25, -0.2) is 4.98 Å². The molecule has 16 heavy (non-hydrogen) atoms. The summed E-state index contributed by atoms with van der Waals surface area (Å²) in [6.07, 6.45) is 3.35. The van der Waals surface area contributed by atoms with Crippen LogP contribution in [0.25, 0.3) is 0 Å². The molecule has 0 unspecified atom stereocenters. The second-order valence-corrected chi connectivity index (χ2v) is 3.63. The summed E-state index contributed by atoms with van der Waals surface area (Å²) in [5, 5.41) is 19.5. The quantitative estimate of drug-likeness (QED) is 0.554. The van der Waals surface area contributed by atoms with E-state index in [1.54, 1.807) is 0 Å². The number of hydrogen-bond acceptors (Lipinski definition) is 5. The lowest BCUT2D eigenvalue weighted by molar-refractivity contribution is -0.385. The molecule has 6 nitrogen and oxygen atoms in total. The minimum Gasteiger partial charge on any atom is -0.356 e. The van der Waals surface area contributed by atoms with Gasteiger partial charge >= 0.3 is 0 Å². The van der Waals surface area contributed by atoms with Gasteiger partial charge in [-0.2, -0.15) is 5.26 Å². The summed E-state index contributed by atoms with van der Waals surface area (Å²) in [6, 6.07) is 3.24. The highest BCUT2D eigenvalue weighted by Gasteiger charge is 2.19. The molecule has 82 valence electrons. The van der Waals surface area contributed by atoms with E-state index in [9.17, 15) is 10.1 Å². The third kappa shape index (κ3) is 1.80. The number of hydrogen-bond donors (Lipinski definition) is 0. The fourth-order valence-corrected chi connectivity index (χ4v) is 1.81. The molecule has 1 aromatic rings. The van der Waals surface area contributed by atoms with Gasteiger partial charge in [0.2, 0.25) is 0 Å². The van der Waals surface area contributed by atoms with Crippen LogP contribution in [0.5, 0.6) is 0 Å². The van der Waals surface area contributed by atoms with Crippen molar-refractivity contribution in [3.05, 3.63) is 27.9 Å². The molecule has 2 rings (SSSR count). The van der Waals surface area contributed by atoms with E-state index in [4.69, 9.17) is 5.26 Å². The largest absolute Gasteiger partial charge is 0.356 e. The normalized spacial score (nSPS) is 14.8. The van der Waals surface area contributed by atoms with Crippen molar-refractivity contribution in [2.75, 3.05) is 18.0 Å². The van der Waals surface area contributed by atoms with Gasteiger partial charge in [0.25, 0.3) is 5.69 Å². The summed E-state index contributed by atoms with van der Waals surface area (Å²) < 4.78 is 0. The number of pyridine rings is 1. The summed E-state index contributed by atoms with van der Waals surface area (Å²) in [4.78, 5) is 16.0. The van der Waals surface area contributed by atoms with Gasteiger partial charge in [-0.1, -0.05) is 0 Å². The van der Waals surface area contributed by atoms with Crippen molar-refractivity contribution < 1.29 is 4.92 Å². The predicted octanol–water partition coefficient (Wildman–Crippen LogP) is 1.46. The third-order valence-electron chi connectivity index (χ3n) is 2.59. The lowest BCUT2D eigenvalue weighted by Gasteiger charge is -2.16. The zero-order valence-electron chi connectivity index (χ0n) is 8.59. The van der Waals surface area contributed by atoms with Gasteiger partial charge in [0.05, 0.1) is 4.92 Å². The topological polar surface area (TPSA) is 83.1 Å². The number of nitro groups is 1. The molecule has 0 amide bonds. The average molecular weight is 218 g/mol. The van der Waals surface area contributed by atoms with Crippen molar-refractivity contribution in [2.45, 2.75) is 12.8 Å². The van der Waals surface area contributed by atoms with E-state index in [-0.39, 0.29) is 11.3 Å². The molecule has 0 atom stereocenters. The molecule has 1 aliphatic rings. The predicted molar refractivity (Wildman–Crippen MR) is 57.1 cm³/mol. The monoisotopic (exact) mass is 218 g/mol. The Morgan fingerprint density at radius 2 is 2.19 bits per heavy atom. The van der Waals surface area contributed by atoms with E-state index < -0.39 is 4.92 Å². The van der Waals surface area contributed by atoms with Crippen molar-refractivity contribution >= 4 is 11.5 Å². The molecular weight excluding hydrogens is 208 g/mol. The summed E-state index contributed by atoms with van der Waals surface area (Å²) in [5.74, 6) is 0.561. The molecule has 1 aromatic heterocycles. The lowest BCUT2D eigenvalue weighted by Crippen LogP contribution is -2.20. The minimum absolute atomic E-state index is 0.139. The molecule has 0 bridgehead atoms. The molecule has 0 aromatic carbocycles. The highest BCUT2D eigenvalue weighted by Crippen LogP contribution is 2.24. The maximum Gasteiger partial charge on any atom is 0.289 e. The van der Waals surface area contributed by atoms with Crippen molar-refractivity contribution in [1.82, 2.24) is 4.98 Å². The Hall–Kier alpha value is -2.16. The van der Waals surface area contributed by atoms with E-state index in [2.05, 4.69) is 4.98 Å². The van der Waals surface area contributed by atoms with E-state index in [0.717, 1.165) is 25.9 Å². The van der Waals surface area contributed by atoms with Gasteiger partial charge in [0, 0.05) is 19.2 Å². The molecule has 1 fully saturated rings. The number of aromatic nitrogens is 1. The van der Waals surface area contributed by atoms with Crippen LogP contribution in [-0.4, -0.2) is 23.0 Å². The second kappa shape index (κ2) is 4.14. The summed E-state index contributed by atoms with van der Waals surface area (Å²) in [6.45, 7) is 1.72. The molecular formula is C10H10N4O2. The van der Waals surface area contributed by atoms with Crippen molar-refractivity contribution in [3.8, 4) is 6.07 Å². The Morgan fingerprint density at radius 3 is 2.75 bits per heavy atom. The Morgan fingerprint density at radius 1 is 1.50 bits per heavy atom. The third-order valence-corrected chi connectivity index (χ3v) is 2.59. The molecule has 0 saturated carbocycles. The fourth-order valence-electron chi connectivity index (χ4n) is 1.81. The summed E-state index contributed by atoms with van der Waals surface area (Å²) >= 11 is 0. The zero-order valence-corrected chi connectivity index (χ0v) is 8.59. The van der Waals surface area contributed by atoms with Gasteiger partial charge in [0.1, 0.15) is 23.6 Å². The number of anilines is 1. The van der Waals surface area contributed by atoms with Crippen LogP contribution in [0.4, 0.5) is 11.5 Å². The molecule has 6 heteroatoms. The Kier molecular flexibility index (Phi) is 2.68. The van der Waals surface area contributed by atoms with E-state index in [1.165, 1.54) is 12.3 Å². The molecule has 2 heterocycles. The number of nitrogens with zero attached hydrogens (tertiary/aromatic N) is 4. The lowest BCUT2D eigenvalue weighted by atomic mass is 10.2. The van der Waals surface area contributed by atoms with E-state index in [0.29, 0.717) is 5.82 Å². The van der Waals surface area contributed by atoms with Gasteiger partial charge < -0.3 is 4.90 Å². The molecule has 0 spiro atoms. The molecule has 1 saturated heterocycles. The molecule has 0 N–H and O–H groups in total. The first-order valence-electron chi connectivity index (χ1n) is 5.02. The number of rotatable bonds is 2. The van der Waals surface area contributed by atoms with Crippen LogP contribution in [-0.2, 0) is 0 Å². The van der Waals surface area contributed by atoms with E-state index in [1.807, 2.05) is 11.0 Å². The van der Waals surface area contributed by atoms with Crippen LogP contribution in [0, 0.1) is 21.4 Å². The van der Waals surface area contributed by atoms with Gasteiger partial charge in [0.15, 0.2) is 0 Å². The highest BCUT2D eigenvalue weighted by molar-refractivity contribution is 5.57. The fraction of sp³-hybridized carbons (Fsp3) is 0.400. The van der Waals surface area contributed by atoms with E-state index >= 15 is 0 Å². The Bertz CT molecular complexity index is 460. The average Bonchev–Trinajstić information content (AvgIpc) is 2.81. The molecule has 0 radical (unpaired) electrons. The van der Waals surface area contributed by atoms with Crippen LogP contribution in [0.1, 0.15) is 18.4 Å². The smallest absolute Gasteiger partial charge is 0.289 e. The first-order chi connectivity index (χ1) is 7.72. The SMILES string of the molecule is N#Cc1cc([N+](=O)[O-])cnc1N1CCCC1. The van der Waals surface area contributed by atoms with Crippen molar-refractivity contribution in [1.29, 1.82) is 5.26 Å². The Labute approximate surface area is 92.3 Å². The van der Waals surface area contributed by atoms with Gasteiger partial charge in [-0.05, 0) is 12.8 Å². The van der Waals surface area contributed by atoms with Gasteiger partial charge in [-0.3, -0.25) is 10.1 Å². The van der Waals surface area contributed by atoms with Crippen LogP contribution >= 0.6 is 0 Å². The first-order valence-corrected chi connectivity index (χ1v) is 5.02. The molecule has 0 aliphatic carbocycles. The number of nitriles is 1. The van der Waals surface area contributed by atoms with Crippen LogP contribution < -0.4 is 4.90 Å². The van der Waals surface area contributed by atoms with Gasteiger partial charge in [-0.15, -0.1) is 0 Å². The van der Waals surface area contributed by atoms with Crippen LogP contribution in [0.15, 0.2) is 12.3 Å². The molecule has 1 aliphatic heterocycles. The maximum absolute atomic E-state index is 10.5. The van der Waals surface area contributed by atoms with Crippen molar-refractivity contribution in [2.24, 2.45) is 0 Å². The summed E-state index contributed by atoms with van der Waals surface area (Å²) in [5.41, 5.74) is 0.135.